The van der Waals surface area contributed by atoms with Gasteiger partial charge >= 0.3 is 0 Å². The minimum atomic E-state index is -0.480. The van der Waals surface area contributed by atoms with Crippen molar-refractivity contribution in [3.05, 3.63) is 89.5 Å². The summed E-state index contributed by atoms with van der Waals surface area (Å²) < 4.78 is 5.73. The molecule has 0 aliphatic rings. The highest BCUT2D eigenvalue weighted by molar-refractivity contribution is 5.94. The molecule has 0 unspecified atom stereocenters. The van der Waals surface area contributed by atoms with Gasteiger partial charge in [0.25, 0.3) is 0 Å². The normalized spacial score (nSPS) is 10.4. The number of nitrogens with zero attached hydrogens (tertiary/aromatic N) is 2. The Labute approximate surface area is 151 Å². The van der Waals surface area contributed by atoms with Gasteiger partial charge in [-0.3, -0.25) is 9.79 Å². The average molecular weight is 341 g/mol. The zero-order chi connectivity index (χ0) is 18.4. The van der Waals surface area contributed by atoms with Crippen molar-refractivity contribution in [3.8, 4) is 17.6 Å². The molecule has 0 saturated carbocycles. The van der Waals surface area contributed by atoms with Crippen LogP contribution in [-0.2, 0) is 0 Å². The number of nitrogens with two attached hydrogens (primary N) is 1. The van der Waals surface area contributed by atoms with Crippen molar-refractivity contribution >= 4 is 17.8 Å². The van der Waals surface area contributed by atoms with Crippen LogP contribution in [0.25, 0.3) is 0 Å². The fourth-order valence-corrected chi connectivity index (χ4v) is 2.24. The molecule has 0 aliphatic carbocycles. The summed E-state index contributed by atoms with van der Waals surface area (Å²) >= 11 is 0. The highest BCUT2D eigenvalue weighted by Gasteiger charge is 2.00. The van der Waals surface area contributed by atoms with Crippen LogP contribution in [0.15, 0.2) is 77.8 Å². The molecule has 3 aromatic rings. The van der Waals surface area contributed by atoms with E-state index in [0.29, 0.717) is 28.3 Å². The molecule has 3 aromatic carbocycles. The number of carbonyl (C=O) groups is 1. The number of primary amides is 1. The van der Waals surface area contributed by atoms with Crippen LogP contribution in [0, 0.1) is 11.3 Å². The lowest BCUT2D eigenvalue weighted by Crippen LogP contribution is -2.10. The van der Waals surface area contributed by atoms with Gasteiger partial charge in [-0.1, -0.05) is 6.07 Å². The maximum Gasteiger partial charge on any atom is 0.248 e. The standard InChI is InChI=1S/C21H15N3O2/c22-13-15-4-8-19(9-5-15)26-20-10-6-16(7-11-20)14-24-18-3-1-2-17(12-18)21(23)25/h1-12,14H,(H2,23,25). The fourth-order valence-electron chi connectivity index (χ4n) is 2.24. The van der Waals surface area contributed by atoms with E-state index in [1.807, 2.05) is 24.3 Å². The summed E-state index contributed by atoms with van der Waals surface area (Å²) in [5, 5.41) is 8.80. The largest absolute Gasteiger partial charge is 0.457 e. The highest BCUT2D eigenvalue weighted by Crippen LogP contribution is 2.22. The van der Waals surface area contributed by atoms with Crippen LogP contribution in [0.5, 0.6) is 11.5 Å². The topological polar surface area (TPSA) is 88.5 Å². The van der Waals surface area contributed by atoms with Gasteiger partial charge in [0.2, 0.25) is 5.91 Å². The molecule has 0 aromatic heterocycles. The maximum atomic E-state index is 11.2. The molecule has 0 aliphatic heterocycles. The van der Waals surface area contributed by atoms with E-state index < -0.39 is 5.91 Å². The van der Waals surface area contributed by atoms with E-state index in [1.54, 1.807) is 54.7 Å². The summed E-state index contributed by atoms with van der Waals surface area (Å²) in [5.41, 5.74) is 7.82. The first kappa shape index (κ1) is 16.9. The Balaban J connectivity index is 1.68. The zero-order valence-corrected chi connectivity index (χ0v) is 13.8. The van der Waals surface area contributed by atoms with Crippen molar-refractivity contribution < 1.29 is 9.53 Å². The molecule has 5 nitrogen and oxygen atoms in total. The van der Waals surface area contributed by atoms with Crippen molar-refractivity contribution in [2.45, 2.75) is 0 Å². The van der Waals surface area contributed by atoms with Crippen LogP contribution in [0.4, 0.5) is 5.69 Å². The second-order valence-electron chi connectivity index (χ2n) is 5.48. The van der Waals surface area contributed by atoms with Crippen LogP contribution in [-0.4, -0.2) is 12.1 Å². The molecule has 1 amide bonds. The SMILES string of the molecule is N#Cc1ccc(Oc2ccc(C=Nc3cccc(C(N)=O)c3)cc2)cc1. The quantitative estimate of drug-likeness (QED) is 0.705. The molecule has 0 radical (unpaired) electrons. The molecule has 0 fully saturated rings. The minimum absolute atomic E-state index is 0.422. The number of ether oxygens (including phenoxy) is 1. The van der Waals surface area contributed by atoms with Crippen molar-refractivity contribution in [3.63, 3.8) is 0 Å². The first-order valence-electron chi connectivity index (χ1n) is 7.86. The van der Waals surface area contributed by atoms with Gasteiger partial charge in [-0.15, -0.1) is 0 Å². The van der Waals surface area contributed by atoms with Gasteiger partial charge in [0.05, 0.1) is 17.3 Å². The van der Waals surface area contributed by atoms with E-state index in [9.17, 15) is 4.79 Å². The van der Waals surface area contributed by atoms with Gasteiger partial charge < -0.3 is 10.5 Å². The van der Waals surface area contributed by atoms with Gasteiger partial charge in [0.1, 0.15) is 11.5 Å². The molecule has 126 valence electrons. The second-order valence-corrected chi connectivity index (χ2v) is 5.48. The summed E-state index contributed by atoms with van der Waals surface area (Å²) in [6.07, 6.45) is 1.70. The van der Waals surface area contributed by atoms with Crippen molar-refractivity contribution in [2.75, 3.05) is 0 Å². The fraction of sp³-hybridized carbons (Fsp3) is 0. The monoisotopic (exact) mass is 341 g/mol. The van der Waals surface area contributed by atoms with E-state index >= 15 is 0 Å². The minimum Gasteiger partial charge on any atom is -0.457 e. The summed E-state index contributed by atoms with van der Waals surface area (Å²) in [6, 6.07) is 23.2. The van der Waals surface area contributed by atoms with Crippen LogP contribution in [0.3, 0.4) is 0 Å². The average Bonchev–Trinajstić information content (AvgIpc) is 2.68. The number of benzene rings is 3. The molecule has 0 heterocycles. The highest BCUT2D eigenvalue weighted by atomic mass is 16.5. The van der Waals surface area contributed by atoms with E-state index in [0.717, 1.165) is 5.56 Å². The smallest absolute Gasteiger partial charge is 0.248 e. The summed E-state index contributed by atoms with van der Waals surface area (Å²) in [4.78, 5) is 15.5. The van der Waals surface area contributed by atoms with Gasteiger partial charge in [0.15, 0.2) is 0 Å². The number of amides is 1. The number of hydrogen-bond donors (Lipinski definition) is 1. The van der Waals surface area contributed by atoms with Gasteiger partial charge in [-0.2, -0.15) is 5.26 Å². The number of nitriles is 1. The molecular formula is C21H15N3O2. The van der Waals surface area contributed by atoms with Crippen LogP contribution < -0.4 is 10.5 Å². The number of carbonyl (C=O) groups excluding carboxylic acids is 1. The predicted octanol–water partition coefficient (Wildman–Crippen LogP) is 4.20. The van der Waals surface area contributed by atoms with Crippen molar-refractivity contribution in [2.24, 2.45) is 10.7 Å². The third-order valence-electron chi connectivity index (χ3n) is 3.59. The maximum absolute atomic E-state index is 11.2. The third-order valence-corrected chi connectivity index (χ3v) is 3.59. The van der Waals surface area contributed by atoms with Crippen molar-refractivity contribution in [1.82, 2.24) is 0 Å². The van der Waals surface area contributed by atoms with Crippen LogP contribution >= 0.6 is 0 Å². The molecule has 0 atom stereocenters. The molecule has 0 spiro atoms. The van der Waals surface area contributed by atoms with Crippen molar-refractivity contribution in [1.29, 1.82) is 5.26 Å². The third kappa shape index (κ3) is 4.34. The summed E-state index contributed by atoms with van der Waals surface area (Å²) in [7, 11) is 0. The van der Waals surface area contributed by atoms with Gasteiger partial charge in [-0.05, 0) is 72.3 Å². The lowest BCUT2D eigenvalue weighted by molar-refractivity contribution is 0.100. The second kappa shape index (κ2) is 7.77. The zero-order valence-electron chi connectivity index (χ0n) is 13.8. The Morgan fingerprint density at radius 2 is 1.65 bits per heavy atom. The lowest BCUT2D eigenvalue weighted by Gasteiger charge is -2.05. The number of aliphatic imine (C=N–C) groups is 1. The van der Waals surface area contributed by atoms with E-state index in [-0.39, 0.29) is 0 Å². The molecule has 0 saturated heterocycles. The van der Waals surface area contributed by atoms with Gasteiger partial charge in [-0.25, -0.2) is 0 Å². The Bertz CT molecular complexity index is 985. The molecular weight excluding hydrogens is 326 g/mol. The molecule has 0 bridgehead atoms. The summed E-state index contributed by atoms with van der Waals surface area (Å²) in [5.74, 6) is 0.864. The molecule has 26 heavy (non-hydrogen) atoms. The lowest BCUT2D eigenvalue weighted by atomic mass is 10.2. The number of rotatable bonds is 5. The Morgan fingerprint density at radius 3 is 2.27 bits per heavy atom. The van der Waals surface area contributed by atoms with Crippen LogP contribution in [0.1, 0.15) is 21.5 Å². The Morgan fingerprint density at radius 1 is 1.00 bits per heavy atom. The van der Waals surface area contributed by atoms with E-state index in [1.165, 1.54) is 0 Å². The van der Waals surface area contributed by atoms with Gasteiger partial charge in [0, 0.05) is 11.8 Å². The molecule has 2 N–H and O–H groups in total. The van der Waals surface area contributed by atoms with E-state index in [2.05, 4.69) is 11.1 Å². The first-order valence-corrected chi connectivity index (χ1v) is 7.86. The summed E-state index contributed by atoms with van der Waals surface area (Å²) in [6.45, 7) is 0. The Kier molecular flexibility index (Phi) is 5.06. The predicted molar refractivity (Wildman–Crippen MR) is 99.9 cm³/mol. The molecule has 5 heteroatoms. The van der Waals surface area contributed by atoms with Crippen LogP contribution in [0.2, 0.25) is 0 Å². The number of hydrogen-bond acceptors (Lipinski definition) is 4. The molecule has 3 rings (SSSR count). The van der Waals surface area contributed by atoms with E-state index in [4.69, 9.17) is 15.7 Å². The first-order chi connectivity index (χ1) is 12.6. The Hall–Kier alpha value is -3.91.